The van der Waals surface area contributed by atoms with Gasteiger partial charge in [-0.3, -0.25) is 0 Å². The zero-order valence-corrected chi connectivity index (χ0v) is 10.4. The van der Waals surface area contributed by atoms with E-state index in [0.29, 0.717) is 5.92 Å². The van der Waals surface area contributed by atoms with E-state index in [2.05, 4.69) is 19.1 Å². The molecular formula is C10H14Cl2Si. The third-order valence-electron chi connectivity index (χ3n) is 2.03. The molecule has 0 saturated carbocycles. The molecule has 0 aromatic heterocycles. The van der Waals surface area contributed by atoms with Gasteiger partial charge in [0.2, 0.25) is 6.69 Å². The summed E-state index contributed by atoms with van der Waals surface area (Å²) in [5.74, 6) is 0.466. The fraction of sp³-hybridized carbons (Fsp3) is 0.400. The van der Waals surface area contributed by atoms with Crippen LogP contribution in [0.25, 0.3) is 0 Å². The predicted octanol–water partition coefficient (Wildman–Crippen LogP) is 4.34. The Bertz CT molecular complexity index is 253. The van der Waals surface area contributed by atoms with Crippen LogP contribution in [0.5, 0.6) is 0 Å². The van der Waals surface area contributed by atoms with Crippen LogP contribution < -0.4 is 0 Å². The van der Waals surface area contributed by atoms with Gasteiger partial charge in [-0.2, -0.15) is 0 Å². The molecule has 0 aliphatic carbocycles. The lowest BCUT2D eigenvalue weighted by Crippen LogP contribution is -2.15. The Balaban J connectivity index is 2.64. The molecule has 0 saturated heterocycles. The minimum atomic E-state index is -1.96. The van der Waals surface area contributed by atoms with E-state index < -0.39 is 6.69 Å². The van der Waals surface area contributed by atoms with Crippen LogP contribution in [0, 0.1) is 0 Å². The second kappa shape index (κ2) is 4.49. The topological polar surface area (TPSA) is 0 Å². The van der Waals surface area contributed by atoms with Crippen molar-refractivity contribution in [3.63, 3.8) is 0 Å². The second-order valence-electron chi connectivity index (χ2n) is 3.59. The molecule has 13 heavy (non-hydrogen) atoms. The fourth-order valence-corrected chi connectivity index (χ4v) is 4.14. The van der Waals surface area contributed by atoms with Gasteiger partial charge in [0.15, 0.2) is 0 Å². The Morgan fingerprint density at radius 2 is 1.77 bits per heavy atom. The summed E-state index contributed by atoms with van der Waals surface area (Å²) in [5.41, 5.74) is 1.32. The highest BCUT2D eigenvalue weighted by Gasteiger charge is 2.24. The maximum atomic E-state index is 6.08. The molecule has 0 N–H and O–H groups in total. The molecule has 72 valence electrons. The number of rotatable bonds is 3. The minimum absolute atomic E-state index is 0.466. The quantitative estimate of drug-likeness (QED) is 0.538. The highest BCUT2D eigenvalue weighted by molar-refractivity contribution is 7.44. The van der Waals surface area contributed by atoms with Crippen molar-refractivity contribution in [2.45, 2.75) is 25.4 Å². The Kier molecular flexibility index (Phi) is 3.83. The smallest absolute Gasteiger partial charge is 0.146 e. The van der Waals surface area contributed by atoms with Gasteiger partial charge in [0.05, 0.1) is 0 Å². The second-order valence-corrected chi connectivity index (χ2v) is 11.7. The van der Waals surface area contributed by atoms with Crippen molar-refractivity contribution in [1.29, 1.82) is 0 Å². The third-order valence-corrected chi connectivity index (χ3v) is 4.29. The third kappa shape index (κ3) is 4.16. The number of hydrogen-bond donors (Lipinski definition) is 0. The average molecular weight is 233 g/mol. The van der Waals surface area contributed by atoms with Gasteiger partial charge in [0.25, 0.3) is 0 Å². The van der Waals surface area contributed by atoms with Crippen molar-refractivity contribution in [2.24, 2.45) is 0 Å². The predicted molar refractivity (Wildman–Crippen MR) is 63.0 cm³/mol. The molecule has 1 aromatic rings. The Morgan fingerprint density at radius 3 is 2.23 bits per heavy atom. The lowest BCUT2D eigenvalue weighted by molar-refractivity contribution is 0.855. The molecule has 3 heteroatoms. The van der Waals surface area contributed by atoms with Crippen molar-refractivity contribution >= 4 is 28.9 Å². The normalized spacial score (nSPS) is 14.2. The van der Waals surface area contributed by atoms with Crippen LogP contribution in [-0.4, -0.2) is 6.69 Å². The summed E-state index contributed by atoms with van der Waals surface area (Å²) in [6, 6.07) is 11.3. The number of benzene rings is 1. The van der Waals surface area contributed by atoms with Crippen LogP contribution >= 0.6 is 22.2 Å². The highest BCUT2D eigenvalue weighted by Crippen LogP contribution is 2.30. The standard InChI is InChI=1S/C10H14Cl2Si/c1-9(8-13(2,11)12)10-6-4-3-5-7-10/h3-7,9H,8H2,1-2H3/t9-/m1/s1. The molecule has 0 nitrogen and oxygen atoms in total. The van der Waals surface area contributed by atoms with Gasteiger partial charge in [-0.05, 0) is 24.1 Å². The van der Waals surface area contributed by atoms with Crippen LogP contribution in [0.1, 0.15) is 18.4 Å². The summed E-state index contributed by atoms with van der Waals surface area (Å²) in [4.78, 5) is 0. The van der Waals surface area contributed by atoms with Crippen molar-refractivity contribution in [3.8, 4) is 0 Å². The monoisotopic (exact) mass is 232 g/mol. The van der Waals surface area contributed by atoms with E-state index in [-0.39, 0.29) is 0 Å². The summed E-state index contributed by atoms with van der Waals surface area (Å²) in [6.07, 6.45) is 0. The first-order chi connectivity index (χ1) is 5.99. The van der Waals surface area contributed by atoms with Crippen molar-refractivity contribution in [1.82, 2.24) is 0 Å². The molecule has 0 spiro atoms. The first kappa shape index (κ1) is 11.1. The van der Waals surface area contributed by atoms with Crippen LogP contribution in [0.15, 0.2) is 30.3 Å². The molecular weight excluding hydrogens is 219 g/mol. The molecule has 1 rings (SSSR count). The lowest BCUT2D eigenvalue weighted by atomic mass is 10.0. The van der Waals surface area contributed by atoms with Gasteiger partial charge >= 0.3 is 0 Å². The molecule has 0 amide bonds. The summed E-state index contributed by atoms with van der Waals surface area (Å²) in [6.45, 7) is 2.18. The molecule has 0 aliphatic heterocycles. The van der Waals surface area contributed by atoms with Crippen LogP contribution in [0.3, 0.4) is 0 Å². The zero-order valence-electron chi connectivity index (χ0n) is 7.93. The molecule has 0 bridgehead atoms. The first-order valence-electron chi connectivity index (χ1n) is 4.42. The van der Waals surface area contributed by atoms with E-state index in [1.165, 1.54) is 5.56 Å². The summed E-state index contributed by atoms with van der Waals surface area (Å²) < 4.78 is 0. The summed E-state index contributed by atoms with van der Waals surface area (Å²) in [5, 5.41) is 0. The Morgan fingerprint density at radius 1 is 1.23 bits per heavy atom. The van der Waals surface area contributed by atoms with Gasteiger partial charge in [0, 0.05) is 0 Å². The van der Waals surface area contributed by atoms with Crippen molar-refractivity contribution < 1.29 is 0 Å². The van der Waals surface area contributed by atoms with Gasteiger partial charge in [-0.1, -0.05) is 37.3 Å². The molecule has 0 fully saturated rings. The zero-order chi connectivity index (χ0) is 9.90. The molecule has 1 atom stereocenters. The highest BCUT2D eigenvalue weighted by atomic mass is 35.7. The fourth-order valence-electron chi connectivity index (χ4n) is 1.44. The van der Waals surface area contributed by atoms with E-state index in [4.69, 9.17) is 22.2 Å². The maximum Gasteiger partial charge on any atom is 0.249 e. The van der Waals surface area contributed by atoms with Gasteiger partial charge in [-0.25, -0.2) is 0 Å². The molecule has 0 heterocycles. The van der Waals surface area contributed by atoms with Gasteiger partial charge < -0.3 is 0 Å². The average Bonchev–Trinajstić information content (AvgIpc) is 2.03. The SMILES string of the molecule is C[C@H](C[Si](C)(Cl)Cl)c1ccccc1. The Labute approximate surface area is 90.3 Å². The molecule has 0 aliphatic rings. The van der Waals surface area contributed by atoms with E-state index >= 15 is 0 Å². The van der Waals surface area contributed by atoms with E-state index in [9.17, 15) is 0 Å². The minimum Gasteiger partial charge on any atom is -0.146 e. The Hall–Kier alpha value is 0.0169. The van der Waals surface area contributed by atoms with E-state index in [1.807, 2.05) is 24.7 Å². The molecule has 0 radical (unpaired) electrons. The van der Waals surface area contributed by atoms with Crippen molar-refractivity contribution in [2.75, 3.05) is 0 Å². The van der Waals surface area contributed by atoms with E-state index in [0.717, 1.165) is 6.04 Å². The first-order valence-corrected chi connectivity index (χ1v) is 9.15. The summed E-state index contributed by atoms with van der Waals surface area (Å²) >= 11 is 12.2. The molecule has 0 unspecified atom stereocenters. The maximum absolute atomic E-state index is 6.08. The number of halogens is 2. The molecule has 1 aromatic carbocycles. The van der Waals surface area contributed by atoms with Crippen molar-refractivity contribution in [3.05, 3.63) is 35.9 Å². The summed E-state index contributed by atoms with van der Waals surface area (Å²) in [7, 11) is 0. The van der Waals surface area contributed by atoms with E-state index in [1.54, 1.807) is 0 Å². The largest absolute Gasteiger partial charge is 0.249 e. The lowest BCUT2D eigenvalue weighted by Gasteiger charge is -2.17. The number of hydrogen-bond acceptors (Lipinski definition) is 0. The van der Waals surface area contributed by atoms with Gasteiger partial charge in [-0.15, -0.1) is 22.2 Å². The van der Waals surface area contributed by atoms with Gasteiger partial charge in [0.1, 0.15) is 0 Å². The van der Waals surface area contributed by atoms with Crippen LogP contribution in [0.2, 0.25) is 12.6 Å². The van der Waals surface area contributed by atoms with Crippen LogP contribution in [-0.2, 0) is 0 Å². The van der Waals surface area contributed by atoms with Crippen LogP contribution in [0.4, 0.5) is 0 Å².